The molecule has 2 fully saturated rings. The molecule has 1 aliphatic carbocycles. The number of piperazine rings is 1. The third kappa shape index (κ3) is 4.87. The first-order valence-corrected chi connectivity index (χ1v) is 12.8. The molecule has 182 valence electrons. The van der Waals surface area contributed by atoms with Gasteiger partial charge in [0.1, 0.15) is 5.82 Å². The van der Waals surface area contributed by atoms with Crippen LogP contribution < -0.4 is 0 Å². The molecule has 0 atom stereocenters. The van der Waals surface area contributed by atoms with Gasteiger partial charge in [0.15, 0.2) is 5.69 Å². The van der Waals surface area contributed by atoms with E-state index in [4.69, 9.17) is 5.10 Å². The predicted octanol–water partition coefficient (Wildman–Crippen LogP) is 3.05. The van der Waals surface area contributed by atoms with E-state index in [0.717, 1.165) is 75.0 Å². The van der Waals surface area contributed by atoms with Crippen molar-refractivity contribution in [2.75, 3.05) is 45.8 Å². The lowest BCUT2D eigenvalue weighted by Gasteiger charge is -2.36. The number of halogens is 1. The number of carbonyl (C=O) groups excluding carboxylic acids is 2. The first-order chi connectivity index (χ1) is 16.6. The topological polar surface area (TPSA) is 61.7 Å². The van der Waals surface area contributed by atoms with E-state index in [1.54, 1.807) is 12.1 Å². The van der Waals surface area contributed by atoms with Crippen LogP contribution >= 0.6 is 0 Å². The minimum absolute atomic E-state index is 0.0268. The predicted molar refractivity (Wildman–Crippen MR) is 128 cm³/mol. The second kappa shape index (κ2) is 10.3. The maximum absolute atomic E-state index is 13.6. The highest BCUT2D eigenvalue weighted by Gasteiger charge is 2.30. The fraction of sp³-hybridized carbons (Fsp3) is 0.577. The summed E-state index contributed by atoms with van der Waals surface area (Å²) in [5, 5.41) is 4.77. The quantitative estimate of drug-likeness (QED) is 0.649. The van der Waals surface area contributed by atoms with Gasteiger partial charge in [-0.15, -0.1) is 0 Å². The molecule has 1 aromatic heterocycles. The Morgan fingerprint density at radius 1 is 0.794 bits per heavy atom. The van der Waals surface area contributed by atoms with Crippen LogP contribution in [-0.4, -0.2) is 82.1 Å². The Morgan fingerprint density at radius 3 is 2.21 bits per heavy atom. The lowest BCUT2D eigenvalue weighted by molar-refractivity contribution is -0.133. The molecule has 3 heterocycles. The molecule has 0 unspecified atom stereocenters. The largest absolute Gasteiger partial charge is 0.342 e. The Kier molecular flexibility index (Phi) is 6.94. The molecule has 34 heavy (non-hydrogen) atoms. The third-order valence-electron chi connectivity index (χ3n) is 7.43. The second-order valence-electron chi connectivity index (χ2n) is 9.73. The molecule has 2 amide bonds. The first kappa shape index (κ1) is 23.0. The zero-order chi connectivity index (χ0) is 23.5. The van der Waals surface area contributed by atoms with Crippen LogP contribution in [0.1, 0.15) is 60.3 Å². The van der Waals surface area contributed by atoms with Crippen molar-refractivity contribution in [3.05, 3.63) is 47.0 Å². The van der Waals surface area contributed by atoms with Crippen LogP contribution in [0.3, 0.4) is 0 Å². The van der Waals surface area contributed by atoms with Gasteiger partial charge in [-0.1, -0.05) is 6.42 Å². The zero-order valence-electron chi connectivity index (χ0n) is 19.8. The number of carbonyl (C=O) groups is 2. The first-order valence-electron chi connectivity index (χ1n) is 12.8. The minimum atomic E-state index is -0.282. The molecule has 0 radical (unpaired) electrons. The average Bonchev–Trinajstić information content (AvgIpc) is 3.05. The normalized spacial score (nSPS) is 19.6. The molecule has 0 saturated carbocycles. The number of hydrogen-bond acceptors (Lipinski definition) is 4. The molecular formula is C26H34FN5O2. The van der Waals surface area contributed by atoms with Gasteiger partial charge in [0.25, 0.3) is 5.91 Å². The van der Waals surface area contributed by atoms with Crippen molar-refractivity contribution < 1.29 is 14.0 Å². The van der Waals surface area contributed by atoms with Crippen LogP contribution in [0.5, 0.6) is 0 Å². The molecule has 2 saturated heterocycles. The van der Waals surface area contributed by atoms with E-state index in [1.165, 1.54) is 18.6 Å². The van der Waals surface area contributed by atoms with Crippen molar-refractivity contribution in [1.82, 2.24) is 24.5 Å². The molecule has 0 N–H and O–H groups in total. The van der Waals surface area contributed by atoms with Gasteiger partial charge in [0.2, 0.25) is 5.91 Å². The molecule has 7 nitrogen and oxygen atoms in total. The van der Waals surface area contributed by atoms with Gasteiger partial charge in [-0.2, -0.15) is 5.10 Å². The van der Waals surface area contributed by atoms with Crippen LogP contribution in [0.2, 0.25) is 0 Å². The standard InChI is InChI=1S/C26H34FN5O2/c27-20-9-11-21(12-10-20)32-23-8-4-1-3-7-22(23)25(28-32)26(34)31-17-15-29(16-18-31)19-24(33)30-13-5-2-6-14-30/h9-12H,1-8,13-19H2. The number of hydrogen-bond donors (Lipinski definition) is 0. The van der Waals surface area contributed by atoms with Crippen molar-refractivity contribution in [2.24, 2.45) is 0 Å². The Labute approximate surface area is 200 Å². The Bertz CT molecular complexity index is 1020. The summed E-state index contributed by atoms with van der Waals surface area (Å²) in [6.45, 7) is 4.79. The second-order valence-corrected chi connectivity index (χ2v) is 9.73. The Hall–Kier alpha value is -2.74. The van der Waals surface area contributed by atoms with Crippen molar-refractivity contribution in [3.63, 3.8) is 0 Å². The molecule has 0 spiro atoms. The summed E-state index contributed by atoms with van der Waals surface area (Å²) in [6.07, 6.45) is 8.39. The van der Waals surface area contributed by atoms with Crippen molar-refractivity contribution in [1.29, 1.82) is 0 Å². The van der Waals surface area contributed by atoms with Gasteiger partial charge in [-0.3, -0.25) is 14.5 Å². The summed E-state index contributed by atoms with van der Waals surface area (Å²) in [6, 6.07) is 6.32. The molecular weight excluding hydrogens is 433 g/mol. The molecule has 2 aliphatic heterocycles. The van der Waals surface area contributed by atoms with E-state index in [0.29, 0.717) is 38.4 Å². The monoisotopic (exact) mass is 467 g/mol. The van der Waals surface area contributed by atoms with E-state index < -0.39 is 0 Å². The SMILES string of the molecule is O=C(CN1CCN(C(=O)c2nn(-c3ccc(F)cc3)c3c2CCCCC3)CC1)N1CCCCC1. The number of rotatable bonds is 4. The van der Waals surface area contributed by atoms with Crippen LogP contribution in [0, 0.1) is 5.82 Å². The number of amides is 2. The molecule has 8 heteroatoms. The van der Waals surface area contributed by atoms with E-state index in [2.05, 4.69) is 4.90 Å². The fourth-order valence-electron chi connectivity index (χ4n) is 5.44. The van der Waals surface area contributed by atoms with Crippen LogP contribution in [0.4, 0.5) is 4.39 Å². The lowest BCUT2D eigenvalue weighted by Crippen LogP contribution is -2.52. The van der Waals surface area contributed by atoms with Crippen molar-refractivity contribution in [2.45, 2.75) is 51.4 Å². The van der Waals surface area contributed by atoms with Gasteiger partial charge < -0.3 is 9.80 Å². The van der Waals surface area contributed by atoms with Crippen LogP contribution in [0.15, 0.2) is 24.3 Å². The summed E-state index contributed by atoms with van der Waals surface area (Å²) in [7, 11) is 0. The number of nitrogens with zero attached hydrogens (tertiary/aromatic N) is 5. The Morgan fingerprint density at radius 2 is 1.47 bits per heavy atom. The third-order valence-corrected chi connectivity index (χ3v) is 7.43. The van der Waals surface area contributed by atoms with Gasteiger partial charge in [0, 0.05) is 50.5 Å². The number of benzene rings is 1. The minimum Gasteiger partial charge on any atom is -0.342 e. The summed E-state index contributed by atoms with van der Waals surface area (Å²) >= 11 is 0. The van der Waals surface area contributed by atoms with Gasteiger partial charge in [0.05, 0.1) is 12.2 Å². The summed E-state index contributed by atoms with van der Waals surface area (Å²) in [5.41, 5.74) is 3.46. The maximum Gasteiger partial charge on any atom is 0.274 e. The highest BCUT2D eigenvalue weighted by molar-refractivity contribution is 5.94. The van der Waals surface area contributed by atoms with Crippen LogP contribution in [-0.2, 0) is 17.6 Å². The lowest BCUT2D eigenvalue weighted by atomic mass is 10.1. The van der Waals surface area contributed by atoms with Crippen molar-refractivity contribution >= 4 is 11.8 Å². The number of aromatic nitrogens is 2. The summed E-state index contributed by atoms with van der Waals surface area (Å²) in [5.74, 6) is -0.0983. The van der Waals surface area contributed by atoms with Gasteiger partial charge >= 0.3 is 0 Å². The van der Waals surface area contributed by atoms with Crippen molar-refractivity contribution in [3.8, 4) is 5.69 Å². The highest BCUT2D eigenvalue weighted by Crippen LogP contribution is 2.27. The molecule has 3 aliphatic rings. The number of likely N-dealkylation sites (tertiary alicyclic amines) is 1. The maximum atomic E-state index is 13.6. The smallest absolute Gasteiger partial charge is 0.274 e. The van der Waals surface area contributed by atoms with E-state index in [-0.39, 0.29) is 17.6 Å². The van der Waals surface area contributed by atoms with E-state index in [1.807, 2.05) is 14.5 Å². The van der Waals surface area contributed by atoms with E-state index in [9.17, 15) is 14.0 Å². The summed E-state index contributed by atoms with van der Waals surface area (Å²) in [4.78, 5) is 32.2. The Balaban J connectivity index is 1.28. The summed E-state index contributed by atoms with van der Waals surface area (Å²) < 4.78 is 15.3. The average molecular weight is 468 g/mol. The zero-order valence-corrected chi connectivity index (χ0v) is 19.8. The molecule has 1 aromatic carbocycles. The van der Waals surface area contributed by atoms with Gasteiger partial charge in [-0.25, -0.2) is 9.07 Å². The number of piperidine rings is 1. The molecule has 0 bridgehead atoms. The molecule has 2 aromatic rings. The molecule has 5 rings (SSSR count). The van der Waals surface area contributed by atoms with Gasteiger partial charge in [-0.05, 0) is 69.2 Å². The van der Waals surface area contributed by atoms with Crippen LogP contribution in [0.25, 0.3) is 5.69 Å². The number of fused-ring (bicyclic) bond motifs is 1. The highest BCUT2D eigenvalue weighted by atomic mass is 19.1. The van der Waals surface area contributed by atoms with E-state index >= 15 is 0 Å². The fourth-order valence-corrected chi connectivity index (χ4v) is 5.44.